The Morgan fingerprint density at radius 3 is 2.47 bits per heavy atom. The zero-order valence-corrected chi connectivity index (χ0v) is 9.07. The smallest absolute Gasteiger partial charge is 0.310 e. The molecule has 0 bridgehead atoms. The first kappa shape index (κ1) is 10.5. The third-order valence-corrected chi connectivity index (χ3v) is 3.49. The van der Waals surface area contributed by atoms with Crippen LogP contribution in [-0.2, 0) is 14.3 Å². The SMILES string of the molecule is COC(=O)C1CCN(C(=O)C2CCC2)C1. The van der Waals surface area contributed by atoms with E-state index < -0.39 is 0 Å². The van der Waals surface area contributed by atoms with Crippen LogP contribution < -0.4 is 0 Å². The minimum Gasteiger partial charge on any atom is -0.469 e. The van der Waals surface area contributed by atoms with E-state index in [9.17, 15) is 9.59 Å². The van der Waals surface area contributed by atoms with Gasteiger partial charge < -0.3 is 9.64 Å². The van der Waals surface area contributed by atoms with Crippen LogP contribution >= 0.6 is 0 Å². The van der Waals surface area contributed by atoms with E-state index >= 15 is 0 Å². The summed E-state index contributed by atoms with van der Waals surface area (Å²) in [4.78, 5) is 25.0. The van der Waals surface area contributed by atoms with Crippen molar-refractivity contribution in [3.05, 3.63) is 0 Å². The highest BCUT2D eigenvalue weighted by Crippen LogP contribution is 2.30. The van der Waals surface area contributed by atoms with Gasteiger partial charge in [-0.3, -0.25) is 9.59 Å². The maximum absolute atomic E-state index is 11.9. The van der Waals surface area contributed by atoms with E-state index in [4.69, 9.17) is 0 Å². The van der Waals surface area contributed by atoms with Gasteiger partial charge in [-0.1, -0.05) is 6.42 Å². The summed E-state index contributed by atoms with van der Waals surface area (Å²) in [6.45, 7) is 1.27. The van der Waals surface area contributed by atoms with E-state index in [1.807, 2.05) is 4.90 Å². The van der Waals surface area contributed by atoms with Gasteiger partial charge in [-0.05, 0) is 19.3 Å². The number of methoxy groups -OCH3 is 1. The molecular formula is C11H17NO3. The Morgan fingerprint density at radius 2 is 1.93 bits per heavy atom. The molecule has 1 saturated carbocycles. The van der Waals surface area contributed by atoms with Gasteiger partial charge in [0.15, 0.2) is 0 Å². The maximum atomic E-state index is 11.9. The topological polar surface area (TPSA) is 46.6 Å². The standard InChI is InChI=1S/C11H17NO3/c1-15-11(14)9-5-6-12(7-9)10(13)8-3-2-4-8/h8-9H,2-7H2,1H3. The molecule has 0 radical (unpaired) electrons. The highest BCUT2D eigenvalue weighted by atomic mass is 16.5. The summed E-state index contributed by atoms with van der Waals surface area (Å²) in [5.74, 6) is 0.201. The second-order valence-electron chi connectivity index (χ2n) is 4.42. The molecule has 0 aromatic heterocycles. The molecule has 84 valence electrons. The average molecular weight is 211 g/mol. The summed E-state index contributed by atoms with van der Waals surface area (Å²) < 4.78 is 4.69. The number of hydrogen-bond donors (Lipinski definition) is 0. The van der Waals surface area contributed by atoms with Crippen LogP contribution in [0.25, 0.3) is 0 Å². The minimum absolute atomic E-state index is 0.0981. The Labute approximate surface area is 89.6 Å². The van der Waals surface area contributed by atoms with Crippen molar-refractivity contribution in [2.45, 2.75) is 25.7 Å². The number of amides is 1. The van der Waals surface area contributed by atoms with Crippen LogP contribution in [0, 0.1) is 11.8 Å². The van der Waals surface area contributed by atoms with Crippen LogP contribution in [0.1, 0.15) is 25.7 Å². The summed E-state index contributed by atoms with van der Waals surface area (Å²) >= 11 is 0. The van der Waals surface area contributed by atoms with Crippen molar-refractivity contribution in [1.29, 1.82) is 0 Å². The van der Waals surface area contributed by atoms with Crippen molar-refractivity contribution in [1.82, 2.24) is 4.90 Å². The van der Waals surface area contributed by atoms with Gasteiger partial charge in [-0.25, -0.2) is 0 Å². The molecule has 2 aliphatic rings. The predicted molar refractivity (Wildman–Crippen MR) is 54.0 cm³/mol. The van der Waals surface area contributed by atoms with Crippen molar-refractivity contribution in [3.63, 3.8) is 0 Å². The Bertz CT molecular complexity index is 273. The fourth-order valence-electron chi connectivity index (χ4n) is 2.23. The van der Waals surface area contributed by atoms with Gasteiger partial charge in [-0.2, -0.15) is 0 Å². The van der Waals surface area contributed by atoms with Gasteiger partial charge in [0.05, 0.1) is 13.0 Å². The Balaban J connectivity index is 1.86. The third kappa shape index (κ3) is 1.98. The second-order valence-corrected chi connectivity index (χ2v) is 4.42. The molecule has 4 nitrogen and oxygen atoms in total. The zero-order valence-electron chi connectivity index (χ0n) is 9.07. The molecule has 2 rings (SSSR count). The summed E-state index contributed by atoms with van der Waals surface area (Å²) in [5, 5.41) is 0. The van der Waals surface area contributed by atoms with Crippen LogP contribution in [-0.4, -0.2) is 37.0 Å². The minimum atomic E-state index is -0.182. The zero-order chi connectivity index (χ0) is 10.8. The lowest BCUT2D eigenvalue weighted by Crippen LogP contribution is -2.37. The molecule has 0 N–H and O–H groups in total. The van der Waals surface area contributed by atoms with Crippen LogP contribution in [0.2, 0.25) is 0 Å². The predicted octanol–water partition coefficient (Wildman–Crippen LogP) is 0.808. The molecule has 1 amide bonds. The number of ether oxygens (including phenoxy) is 1. The molecule has 4 heteroatoms. The van der Waals surface area contributed by atoms with E-state index in [1.165, 1.54) is 13.5 Å². The van der Waals surface area contributed by atoms with Gasteiger partial charge >= 0.3 is 5.97 Å². The first-order valence-corrected chi connectivity index (χ1v) is 5.59. The number of nitrogens with zero attached hydrogens (tertiary/aromatic N) is 1. The van der Waals surface area contributed by atoms with Gasteiger partial charge in [0.1, 0.15) is 0 Å². The van der Waals surface area contributed by atoms with Gasteiger partial charge in [0, 0.05) is 19.0 Å². The Morgan fingerprint density at radius 1 is 1.20 bits per heavy atom. The molecule has 0 aromatic carbocycles. The van der Waals surface area contributed by atoms with Crippen molar-refractivity contribution >= 4 is 11.9 Å². The third-order valence-electron chi connectivity index (χ3n) is 3.49. The molecule has 0 aromatic rings. The van der Waals surface area contributed by atoms with Crippen LogP contribution in [0.15, 0.2) is 0 Å². The number of rotatable bonds is 2. The first-order valence-electron chi connectivity index (χ1n) is 5.59. The highest BCUT2D eigenvalue weighted by Gasteiger charge is 2.36. The molecule has 1 heterocycles. The molecule has 0 spiro atoms. The van der Waals surface area contributed by atoms with E-state index in [-0.39, 0.29) is 23.7 Å². The number of hydrogen-bond acceptors (Lipinski definition) is 3. The molecule has 15 heavy (non-hydrogen) atoms. The van der Waals surface area contributed by atoms with Gasteiger partial charge in [0.2, 0.25) is 5.91 Å². The van der Waals surface area contributed by atoms with Crippen molar-refractivity contribution in [2.24, 2.45) is 11.8 Å². The summed E-state index contributed by atoms with van der Waals surface area (Å²) in [6.07, 6.45) is 3.98. The monoisotopic (exact) mass is 211 g/mol. The van der Waals surface area contributed by atoms with Gasteiger partial charge in [-0.15, -0.1) is 0 Å². The average Bonchev–Trinajstić information content (AvgIpc) is 2.62. The van der Waals surface area contributed by atoms with Crippen molar-refractivity contribution in [2.75, 3.05) is 20.2 Å². The van der Waals surface area contributed by atoms with E-state index in [1.54, 1.807) is 0 Å². The molecule has 1 aliphatic heterocycles. The van der Waals surface area contributed by atoms with Crippen LogP contribution in [0.3, 0.4) is 0 Å². The van der Waals surface area contributed by atoms with Crippen LogP contribution in [0.5, 0.6) is 0 Å². The quantitative estimate of drug-likeness (QED) is 0.635. The lowest BCUT2D eigenvalue weighted by Gasteiger charge is -2.29. The fourth-order valence-corrected chi connectivity index (χ4v) is 2.23. The number of esters is 1. The summed E-state index contributed by atoms with van der Waals surface area (Å²) in [7, 11) is 1.40. The molecule has 2 fully saturated rings. The van der Waals surface area contributed by atoms with Crippen LogP contribution in [0.4, 0.5) is 0 Å². The fraction of sp³-hybridized carbons (Fsp3) is 0.818. The number of carbonyl (C=O) groups excluding carboxylic acids is 2. The van der Waals surface area contributed by atoms with Crippen molar-refractivity contribution < 1.29 is 14.3 Å². The molecule has 1 aliphatic carbocycles. The molecular weight excluding hydrogens is 194 g/mol. The summed E-state index contributed by atoms with van der Waals surface area (Å²) in [6, 6.07) is 0. The maximum Gasteiger partial charge on any atom is 0.310 e. The lowest BCUT2D eigenvalue weighted by molar-refractivity contribution is -0.145. The first-order chi connectivity index (χ1) is 7.22. The second kappa shape index (κ2) is 4.21. The van der Waals surface area contributed by atoms with E-state index in [0.717, 1.165) is 25.8 Å². The van der Waals surface area contributed by atoms with E-state index in [0.29, 0.717) is 6.54 Å². The lowest BCUT2D eigenvalue weighted by atomic mass is 9.84. The highest BCUT2D eigenvalue weighted by molar-refractivity contribution is 5.81. The van der Waals surface area contributed by atoms with Crippen molar-refractivity contribution in [3.8, 4) is 0 Å². The number of carbonyl (C=O) groups is 2. The normalized spacial score (nSPS) is 26.2. The molecule has 1 atom stereocenters. The van der Waals surface area contributed by atoms with Gasteiger partial charge in [0.25, 0.3) is 0 Å². The number of likely N-dealkylation sites (tertiary alicyclic amines) is 1. The van der Waals surface area contributed by atoms with E-state index in [2.05, 4.69) is 4.74 Å². The Hall–Kier alpha value is -1.06. The molecule has 1 unspecified atom stereocenters. The Kier molecular flexibility index (Phi) is 2.93. The molecule has 1 saturated heterocycles. The largest absolute Gasteiger partial charge is 0.469 e. The summed E-state index contributed by atoms with van der Waals surface area (Å²) in [5.41, 5.74) is 0.